The highest BCUT2D eigenvalue weighted by Crippen LogP contribution is 2.20. The minimum atomic E-state index is 0.769. The number of likely N-dealkylation sites (tertiary alicyclic amines) is 1. The molecule has 0 bridgehead atoms. The van der Waals surface area contributed by atoms with Crippen molar-refractivity contribution >= 4 is 0 Å². The summed E-state index contributed by atoms with van der Waals surface area (Å²) in [7, 11) is 0. The van der Waals surface area contributed by atoms with Crippen molar-refractivity contribution in [3.63, 3.8) is 0 Å². The smallest absolute Gasteiger partial charge is 0.0350 e. The third-order valence-corrected chi connectivity index (χ3v) is 4.25. The van der Waals surface area contributed by atoms with Crippen LogP contribution in [0.5, 0.6) is 0 Å². The van der Waals surface area contributed by atoms with Crippen molar-refractivity contribution in [2.45, 2.75) is 25.8 Å². The van der Waals surface area contributed by atoms with Gasteiger partial charge in [-0.1, -0.05) is 6.92 Å². The van der Waals surface area contributed by atoms with E-state index in [-0.39, 0.29) is 0 Å². The van der Waals surface area contributed by atoms with E-state index in [0.29, 0.717) is 0 Å². The Morgan fingerprint density at radius 1 is 1.29 bits per heavy atom. The lowest BCUT2D eigenvalue weighted by Gasteiger charge is -2.46. The molecule has 0 aromatic heterocycles. The monoisotopic (exact) mass is 240 g/mol. The maximum Gasteiger partial charge on any atom is 0.0350 e. The molecule has 0 aliphatic carbocycles. The largest absolute Gasteiger partial charge is 0.329 e. The SMILES string of the molecule is CCN(CCN)C1CN(CC2CCNCC2)C1. The van der Waals surface area contributed by atoms with Crippen LogP contribution in [0.4, 0.5) is 0 Å². The van der Waals surface area contributed by atoms with Crippen LogP contribution in [0.15, 0.2) is 0 Å². The minimum Gasteiger partial charge on any atom is -0.329 e. The number of hydrogen-bond acceptors (Lipinski definition) is 4. The minimum absolute atomic E-state index is 0.769. The van der Waals surface area contributed by atoms with Gasteiger partial charge in [-0.15, -0.1) is 0 Å². The van der Waals surface area contributed by atoms with Crippen molar-refractivity contribution in [3.05, 3.63) is 0 Å². The van der Waals surface area contributed by atoms with E-state index in [9.17, 15) is 0 Å². The molecule has 0 aromatic rings. The molecule has 2 rings (SSSR count). The average Bonchev–Trinajstić information content (AvgIpc) is 2.32. The number of nitrogens with one attached hydrogen (secondary N) is 1. The van der Waals surface area contributed by atoms with E-state index in [2.05, 4.69) is 22.0 Å². The molecule has 2 aliphatic rings. The summed E-state index contributed by atoms with van der Waals surface area (Å²) in [5.74, 6) is 0.932. The fourth-order valence-corrected chi connectivity index (χ4v) is 3.12. The maximum absolute atomic E-state index is 5.64. The predicted octanol–water partition coefficient (Wildman–Crippen LogP) is -0.0492. The van der Waals surface area contributed by atoms with Crippen molar-refractivity contribution < 1.29 is 0 Å². The Bertz CT molecular complexity index is 209. The van der Waals surface area contributed by atoms with E-state index >= 15 is 0 Å². The summed E-state index contributed by atoms with van der Waals surface area (Å²) in [5, 5.41) is 3.44. The number of likely N-dealkylation sites (N-methyl/N-ethyl adjacent to an activating group) is 1. The lowest BCUT2D eigenvalue weighted by Crippen LogP contribution is -2.61. The third kappa shape index (κ3) is 3.65. The van der Waals surface area contributed by atoms with Gasteiger partial charge < -0.3 is 11.1 Å². The van der Waals surface area contributed by atoms with Crippen LogP contribution in [0.2, 0.25) is 0 Å². The van der Waals surface area contributed by atoms with Crippen LogP contribution >= 0.6 is 0 Å². The standard InChI is InChI=1S/C13H28N4/c1-2-17(8-5-14)13-10-16(11-13)9-12-3-6-15-7-4-12/h12-13,15H,2-11,14H2,1H3. The van der Waals surface area contributed by atoms with Crippen molar-refractivity contribution in [3.8, 4) is 0 Å². The molecule has 0 radical (unpaired) electrons. The molecule has 4 nitrogen and oxygen atoms in total. The summed E-state index contributed by atoms with van der Waals surface area (Å²) < 4.78 is 0. The highest BCUT2D eigenvalue weighted by Gasteiger charge is 2.31. The van der Waals surface area contributed by atoms with E-state index in [1.807, 2.05) is 0 Å². The highest BCUT2D eigenvalue weighted by molar-refractivity contribution is 4.89. The normalized spacial score (nSPS) is 24.2. The molecule has 0 amide bonds. The molecule has 0 spiro atoms. The topological polar surface area (TPSA) is 44.5 Å². The van der Waals surface area contributed by atoms with Gasteiger partial charge in [-0.05, 0) is 38.4 Å². The van der Waals surface area contributed by atoms with Crippen LogP contribution in [-0.4, -0.2) is 68.2 Å². The summed E-state index contributed by atoms with van der Waals surface area (Å²) in [5.41, 5.74) is 5.64. The van der Waals surface area contributed by atoms with Gasteiger partial charge in [0.2, 0.25) is 0 Å². The molecule has 0 saturated carbocycles. The van der Waals surface area contributed by atoms with Gasteiger partial charge in [-0.25, -0.2) is 0 Å². The molecule has 0 atom stereocenters. The molecule has 2 saturated heterocycles. The third-order valence-electron chi connectivity index (χ3n) is 4.25. The molecule has 100 valence electrons. The van der Waals surface area contributed by atoms with Crippen LogP contribution in [0.3, 0.4) is 0 Å². The Morgan fingerprint density at radius 3 is 2.59 bits per heavy atom. The average molecular weight is 240 g/mol. The van der Waals surface area contributed by atoms with Crippen LogP contribution in [0.1, 0.15) is 19.8 Å². The number of nitrogens with zero attached hydrogens (tertiary/aromatic N) is 2. The van der Waals surface area contributed by atoms with Crippen LogP contribution in [0.25, 0.3) is 0 Å². The molecule has 4 heteroatoms. The fourth-order valence-electron chi connectivity index (χ4n) is 3.12. The number of rotatable bonds is 6. The zero-order chi connectivity index (χ0) is 12.1. The molecule has 0 unspecified atom stereocenters. The Hall–Kier alpha value is -0.160. The van der Waals surface area contributed by atoms with Gasteiger partial charge in [0, 0.05) is 38.8 Å². The second kappa shape index (κ2) is 6.69. The van der Waals surface area contributed by atoms with Gasteiger partial charge in [0.25, 0.3) is 0 Å². The first-order valence-electron chi connectivity index (χ1n) is 7.20. The Kier molecular flexibility index (Phi) is 5.22. The van der Waals surface area contributed by atoms with E-state index < -0.39 is 0 Å². The number of nitrogens with two attached hydrogens (primary N) is 1. The van der Waals surface area contributed by atoms with Crippen LogP contribution in [0, 0.1) is 5.92 Å². The van der Waals surface area contributed by atoms with Crippen molar-refractivity contribution in [2.75, 3.05) is 52.4 Å². The summed E-state index contributed by atoms with van der Waals surface area (Å²) in [4.78, 5) is 5.15. The van der Waals surface area contributed by atoms with Crippen LogP contribution in [-0.2, 0) is 0 Å². The predicted molar refractivity (Wildman–Crippen MR) is 72.1 cm³/mol. The summed E-state index contributed by atoms with van der Waals surface area (Å²) in [6.07, 6.45) is 2.73. The Labute approximate surface area is 106 Å². The Balaban J connectivity index is 1.63. The molecule has 17 heavy (non-hydrogen) atoms. The van der Waals surface area contributed by atoms with Gasteiger partial charge >= 0.3 is 0 Å². The molecule has 0 aromatic carbocycles. The highest BCUT2D eigenvalue weighted by atomic mass is 15.3. The summed E-state index contributed by atoms with van der Waals surface area (Å²) >= 11 is 0. The Morgan fingerprint density at radius 2 is 2.00 bits per heavy atom. The molecular weight excluding hydrogens is 212 g/mol. The van der Waals surface area contributed by atoms with Gasteiger partial charge in [0.1, 0.15) is 0 Å². The van der Waals surface area contributed by atoms with Crippen molar-refractivity contribution in [1.82, 2.24) is 15.1 Å². The van der Waals surface area contributed by atoms with E-state index in [4.69, 9.17) is 5.73 Å². The zero-order valence-electron chi connectivity index (χ0n) is 11.2. The lowest BCUT2D eigenvalue weighted by atomic mass is 9.95. The van der Waals surface area contributed by atoms with Gasteiger partial charge in [0.05, 0.1) is 0 Å². The number of hydrogen-bond donors (Lipinski definition) is 2. The second-order valence-corrected chi connectivity index (χ2v) is 5.48. The molecular formula is C13H28N4. The molecule has 2 aliphatic heterocycles. The first kappa shape index (κ1) is 13.3. The quantitative estimate of drug-likeness (QED) is 0.683. The molecule has 3 N–H and O–H groups in total. The van der Waals surface area contributed by atoms with Crippen LogP contribution < -0.4 is 11.1 Å². The van der Waals surface area contributed by atoms with Gasteiger partial charge in [0.15, 0.2) is 0 Å². The first-order valence-corrected chi connectivity index (χ1v) is 7.20. The zero-order valence-corrected chi connectivity index (χ0v) is 11.2. The fraction of sp³-hybridized carbons (Fsp3) is 1.00. The van der Waals surface area contributed by atoms with Gasteiger partial charge in [-0.2, -0.15) is 0 Å². The van der Waals surface area contributed by atoms with E-state index in [0.717, 1.165) is 31.6 Å². The second-order valence-electron chi connectivity index (χ2n) is 5.48. The maximum atomic E-state index is 5.64. The number of piperidine rings is 1. The van der Waals surface area contributed by atoms with Crippen molar-refractivity contribution in [1.29, 1.82) is 0 Å². The summed E-state index contributed by atoms with van der Waals surface area (Å²) in [6, 6.07) is 0.769. The van der Waals surface area contributed by atoms with Gasteiger partial charge in [-0.3, -0.25) is 9.80 Å². The molecule has 2 heterocycles. The lowest BCUT2D eigenvalue weighted by molar-refractivity contribution is 0.0248. The molecule has 2 fully saturated rings. The van der Waals surface area contributed by atoms with E-state index in [1.165, 1.54) is 45.6 Å². The first-order chi connectivity index (χ1) is 8.33. The van der Waals surface area contributed by atoms with Crippen molar-refractivity contribution in [2.24, 2.45) is 11.7 Å². The summed E-state index contributed by atoms with van der Waals surface area (Å²) in [6.45, 7) is 11.5. The van der Waals surface area contributed by atoms with E-state index in [1.54, 1.807) is 0 Å².